The van der Waals surface area contributed by atoms with E-state index >= 15 is 0 Å². The van der Waals surface area contributed by atoms with Crippen molar-refractivity contribution in [3.8, 4) is 11.4 Å². The average Bonchev–Trinajstić information content (AvgIpc) is 3.61. The van der Waals surface area contributed by atoms with Crippen LogP contribution in [-0.4, -0.2) is 22.4 Å². The molecule has 0 bridgehead atoms. The van der Waals surface area contributed by atoms with Gasteiger partial charge < -0.3 is 5.73 Å². The number of nitrogens with two attached hydrogens (primary N) is 1. The molecule has 6 rings (SSSR count). The highest BCUT2D eigenvalue weighted by molar-refractivity contribution is 7.90. The van der Waals surface area contributed by atoms with Crippen molar-refractivity contribution in [1.82, 2.24) is 13.9 Å². The maximum Gasteiger partial charge on any atom is 0.269 e. The number of benzene rings is 3. The van der Waals surface area contributed by atoms with Crippen LogP contribution in [0.4, 0.5) is 5.82 Å². The maximum absolute atomic E-state index is 13.8. The van der Waals surface area contributed by atoms with Crippen LogP contribution in [0, 0.1) is 13.8 Å². The smallest absolute Gasteiger partial charge is 0.269 e. The number of rotatable bonds is 4. The van der Waals surface area contributed by atoms with Gasteiger partial charge in [0.05, 0.1) is 10.3 Å². The molecule has 6 nitrogen and oxygen atoms in total. The number of nitrogens with zero attached hydrogens (tertiary/aromatic N) is 3. The van der Waals surface area contributed by atoms with Gasteiger partial charge in [-0.15, -0.1) is 0 Å². The quantitative estimate of drug-likeness (QED) is 0.373. The van der Waals surface area contributed by atoms with Crippen molar-refractivity contribution >= 4 is 37.6 Å². The highest BCUT2D eigenvalue weighted by Gasteiger charge is 2.35. The molecular formula is C27H24N4O2S. The normalized spacial score (nSPS) is 14.2. The van der Waals surface area contributed by atoms with Crippen molar-refractivity contribution in [3.05, 3.63) is 83.6 Å². The summed E-state index contributed by atoms with van der Waals surface area (Å²) in [7, 11) is -3.88. The standard InChI is InChI=1S/C27H24N4O2S/c1-16-7-13-22(14-8-16)34(32,33)31-17(2)23(19-10-11-19)24-25(28)29-26(30-27(24)31)21-12-9-18-5-3-4-6-20(18)15-21/h3-9,12-15,19H,10-11H2,1-2H3,(H2,28,29,30). The second-order valence-corrected chi connectivity index (χ2v) is 10.8. The van der Waals surface area contributed by atoms with E-state index < -0.39 is 10.0 Å². The minimum absolute atomic E-state index is 0.227. The van der Waals surface area contributed by atoms with Crippen molar-refractivity contribution in [3.63, 3.8) is 0 Å². The fraction of sp³-hybridized carbons (Fsp3) is 0.185. The van der Waals surface area contributed by atoms with Gasteiger partial charge in [0.1, 0.15) is 5.82 Å². The number of aryl methyl sites for hydroxylation is 1. The largest absolute Gasteiger partial charge is 0.383 e. The summed E-state index contributed by atoms with van der Waals surface area (Å²) in [4.78, 5) is 9.66. The molecular weight excluding hydrogens is 444 g/mol. The van der Waals surface area contributed by atoms with E-state index in [-0.39, 0.29) is 10.8 Å². The number of hydrogen-bond acceptors (Lipinski definition) is 5. The predicted octanol–water partition coefficient (Wildman–Crippen LogP) is 5.56. The summed E-state index contributed by atoms with van der Waals surface area (Å²) in [6.45, 7) is 3.78. The molecule has 1 fully saturated rings. The monoisotopic (exact) mass is 468 g/mol. The molecule has 1 saturated carbocycles. The first kappa shape index (κ1) is 20.9. The van der Waals surface area contributed by atoms with Gasteiger partial charge in [0, 0.05) is 11.3 Å². The zero-order valence-corrected chi connectivity index (χ0v) is 19.8. The molecule has 34 heavy (non-hydrogen) atoms. The molecule has 170 valence electrons. The van der Waals surface area contributed by atoms with Crippen molar-refractivity contribution in [2.45, 2.75) is 37.5 Å². The molecule has 3 aromatic carbocycles. The minimum atomic E-state index is -3.88. The number of fused-ring (bicyclic) bond motifs is 2. The van der Waals surface area contributed by atoms with Gasteiger partial charge in [0.2, 0.25) is 0 Å². The zero-order valence-electron chi connectivity index (χ0n) is 19.0. The van der Waals surface area contributed by atoms with Gasteiger partial charge in [-0.05, 0) is 67.1 Å². The van der Waals surface area contributed by atoms with Gasteiger partial charge in [-0.25, -0.2) is 22.4 Å². The van der Waals surface area contributed by atoms with E-state index in [1.54, 1.807) is 24.3 Å². The molecule has 0 saturated heterocycles. The van der Waals surface area contributed by atoms with Crippen LogP contribution in [0.15, 0.2) is 71.6 Å². The molecule has 1 aliphatic carbocycles. The first-order valence-corrected chi connectivity index (χ1v) is 12.8. The molecule has 2 N–H and O–H groups in total. The summed E-state index contributed by atoms with van der Waals surface area (Å²) in [5, 5.41) is 2.82. The third-order valence-corrected chi connectivity index (χ3v) is 8.42. The van der Waals surface area contributed by atoms with Crippen LogP contribution in [0.5, 0.6) is 0 Å². The van der Waals surface area contributed by atoms with Crippen molar-refractivity contribution in [2.24, 2.45) is 0 Å². The van der Waals surface area contributed by atoms with Gasteiger partial charge in [-0.1, -0.05) is 54.1 Å². The van der Waals surface area contributed by atoms with Crippen molar-refractivity contribution in [2.75, 3.05) is 5.73 Å². The zero-order chi connectivity index (χ0) is 23.6. The van der Waals surface area contributed by atoms with E-state index in [0.29, 0.717) is 28.4 Å². The van der Waals surface area contributed by atoms with Gasteiger partial charge in [0.25, 0.3) is 10.0 Å². The van der Waals surface area contributed by atoms with E-state index in [1.807, 2.05) is 56.3 Å². The molecule has 1 aliphatic rings. The molecule has 0 aliphatic heterocycles. The van der Waals surface area contributed by atoms with Crippen LogP contribution in [-0.2, 0) is 10.0 Å². The Morgan fingerprint density at radius 1 is 0.912 bits per heavy atom. The fourth-order valence-electron chi connectivity index (χ4n) is 4.76. The van der Waals surface area contributed by atoms with Gasteiger partial charge in [-0.2, -0.15) is 0 Å². The molecule has 7 heteroatoms. The lowest BCUT2D eigenvalue weighted by molar-refractivity contribution is 0.587. The Bertz CT molecular complexity index is 1700. The molecule has 0 amide bonds. The number of hydrogen-bond donors (Lipinski definition) is 1. The lowest BCUT2D eigenvalue weighted by Crippen LogP contribution is -2.15. The molecule has 5 aromatic rings. The third kappa shape index (κ3) is 3.19. The highest BCUT2D eigenvalue weighted by atomic mass is 32.2. The Morgan fingerprint density at radius 2 is 1.62 bits per heavy atom. The Balaban J connectivity index is 1.63. The van der Waals surface area contributed by atoms with Crippen LogP contribution in [0.25, 0.3) is 33.2 Å². The molecule has 0 spiro atoms. The number of nitrogen functional groups attached to an aromatic ring is 1. The molecule has 0 atom stereocenters. The Labute approximate surface area is 198 Å². The Morgan fingerprint density at radius 3 is 2.32 bits per heavy atom. The summed E-state index contributed by atoms with van der Waals surface area (Å²) in [6.07, 6.45) is 2.02. The topological polar surface area (TPSA) is 90.9 Å². The maximum atomic E-state index is 13.8. The van der Waals surface area contributed by atoms with Crippen LogP contribution >= 0.6 is 0 Å². The lowest BCUT2D eigenvalue weighted by atomic mass is 10.1. The summed E-state index contributed by atoms with van der Waals surface area (Å²) in [6, 6.07) is 20.9. The lowest BCUT2D eigenvalue weighted by Gasteiger charge is -2.11. The summed E-state index contributed by atoms with van der Waals surface area (Å²) < 4.78 is 29.0. The Kier molecular flexibility index (Phi) is 4.54. The fourth-order valence-corrected chi connectivity index (χ4v) is 6.27. The second-order valence-electron chi connectivity index (χ2n) is 9.05. The number of aromatic nitrogens is 3. The van der Waals surface area contributed by atoms with Crippen molar-refractivity contribution < 1.29 is 8.42 Å². The average molecular weight is 469 g/mol. The second kappa shape index (κ2) is 7.40. The van der Waals surface area contributed by atoms with Gasteiger partial charge >= 0.3 is 0 Å². The molecule has 2 heterocycles. The summed E-state index contributed by atoms with van der Waals surface area (Å²) >= 11 is 0. The molecule has 2 aromatic heterocycles. The first-order chi connectivity index (χ1) is 16.3. The van der Waals surface area contributed by atoms with Gasteiger partial charge in [0.15, 0.2) is 11.5 Å². The SMILES string of the molecule is Cc1ccc(S(=O)(=O)n2c(C)c(C3CC3)c3c(N)nc(-c4ccc5ccccc5c4)nc32)cc1. The summed E-state index contributed by atoms with van der Waals surface area (Å²) in [5.74, 6) is 1.02. The van der Waals surface area contributed by atoms with Crippen LogP contribution in [0.3, 0.4) is 0 Å². The molecule has 0 unspecified atom stereocenters. The Hall–Kier alpha value is -3.71. The van der Waals surface area contributed by atoms with Crippen LogP contribution < -0.4 is 5.73 Å². The van der Waals surface area contributed by atoms with E-state index in [4.69, 9.17) is 10.7 Å². The minimum Gasteiger partial charge on any atom is -0.383 e. The first-order valence-electron chi connectivity index (χ1n) is 11.3. The summed E-state index contributed by atoms with van der Waals surface area (Å²) in [5.41, 5.74) is 10.2. The molecule has 0 radical (unpaired) electrons. The van der Waals surface area contributed by atoms with Crippen molar-refractivity contribution in [1.29, 1.82) is 0 Å². The van der Waals surface area contributed by atoms with Gasteiger partial charge in [-0.3, -0.25) is 0 Å². The van der Waals surface area contributed by atoms with Crippen LogP contribution in [0.2, 0.25) is 0 Å². The predicted molar refractivity (Wildman–Crippen MR) is 135 cm³/mol. The van der Waals surface area contributed by atoms with E-state index in [1.165, 1.54) is 3.97 Å². The number of anilines is 1. The third-order valence-electron chi connectivity index (χ3n) is 6.63. The van der Waals surface area contributed by atoms with E-state index in [0.717, 1.165) is 40.3 Å². The van der Waals surface area contributed by atoms with E-state index in [2.05, 4.69) is 4.98 Å². The highest BCUT2D eigenvalue weighted by Crippen LogP contribution is 2.47. The van der Waals surface area contributed by atoms with E-state index in [9.17, 15) is 8.42 Å². The van der Waals surface area contributed by atoms with Crippen LogP contribution in [0.1, 0.15) is 35.6 Å².